The van der Waals surface area contributed by atoms with Crippen LogP contribution < -0.4 is 10.5 Å². The molecule has 1 aromatic heterocycles. The molecule has 0 amide bonds. The predicted molar refractivity (Wildman–Crippen MR) is 93.2 cm³/mol. The zero-order chi connectivity index (χ0) is 15.9. The number of halogens is 1. The highest BCUT2D eigenvalue weighted by Gasteiger charge is 2.18. The van der Waals surface area contributed by atoms with Crippen molar-refractivity contribution in [2.45, 2.75) is 22.6 Å². The van der Waals surface area contributed by atoms with Crippen LogP contribution in [0.4, 0.5) is 0 Å². The molecule has 1 aromatic carbocycles. The number of hydrogen-bond acceptors (Lipinski definition) is 5. The Balaban J connectivity index is 2.26. The molecule has 6 heteroatoms. The highest BCUT2D eigenvalue weighted by molar-refractivity contribution is 9.10. The number of ether oxygens (including phenoxy) is 1. The summed E-state index contributed by atoms with van der Waals surface area (Å²) in [6.45, 7) is -0.0231. The molecule has 0 spiro atoms. The van der Waals surface area contributed by atoms with Crippen molar-refractivity contribution in [3.63, 3.8) is 0 Å². The van der Waals surface area contributed by atoms with Gasteiger partial charge in [-0.2, -0.15) is 0 Å². The molecule has 0 saturated carbocycles. The lowest BCUT2D eigenvalue weighted by molar-refractivity contribution is 0.259. The van der Waals surface area contributed by atoms with Crippen molar-refractivity contribution in [2.24, 2.45) is 5.73 Å². The van der Waals surface area contributed by atoms with Gasteiger partial charge in [0, 0.05) is 32.9 Å². The number of methoxy groups -OCH3 is 1. The van der Waals surface area contributed by atoms with E-state index in [4.69, 9.17) is 10.5 Å². The van der Waals surface area contributed by atoms with Crippen molar-refractivity contribution in [1.29, 1.82) is 0 Å². The van der Waals surface area contributed by atoms with Crippen LogP contribution in [0.1, 0.15) is 17.2 Å². The van der Waals surface area contributed by atoms with Gasteiger partial charge in [0.25, 0.3) is 0 Å². The van der Waals surface area contributed by atoms with E-state index in [1.165, 1.54) is 5.56 Å². The molecule has 0 bridgehead atoms. The number of benzene rings is 1. The predicted octanol–water partition coefficient (Wildman–Crippen LogP) is 3.40. The van der Waals surface area contributed by atoms with Gasteiger partial charge in [0.15, 0.2) is 0 Å². The first-order valence-electron chi connectivity index (χ1n) is 6.91. The van der Waals surface area contributed by atoms with Gasteiger partial charge in [-0.3, -0.25) is 0 Å². The fraction of sp³-hybridized carbons (Fsp3) is 0.312. The minimum atomic E-state index is -0.250. The number of nitrogens with zero attached hydrogens (tertiary/aromatic N) is 1. The summed E-state index contributed by atoms with van der Waals surface area (Å²) in [5, 5.41) is 9.41. The first-order chi connectivity index (χ1) is 10.6. The Bertz CT molecular complexity index is 598. The van der Waals surface area contributed by atoms with Crippen LogP contribution in [0.2, 0.25) is 0 Å². The summed E-state index contributed by atoms with van der Waals surface area (Å²) in [6, 6.07) is 11.8. The molecule has 0 saturated heterocycles. The van der Waals surface area contributed by atoms with E-state index in [1.807, 2.05) is 24.3 Å². The third-order valence-corrected chi connectivity index (χ3v) is 5.43. The highest BCUT2D eigenvalue weighted by atomic mass is 79.9. The van der Waals surface area contributed by atoms with E-state index in [0.717, 1.165) is 9.37 Å². The van der Waals surface area contributed by atoms with Crippen LogP contribution in [0.3, 0.4) is 0 Å². The molecular formula is C16H19BrN2O2S. The third-order valence-electron chi connectivity index (χ3n) is 3.20. The molecule has 2 atom stereocenters. The molecule has 1 heterocycles. The van der Waals surface area contributed by atoms with Crippen molar-refractivity contribution in [3.8, 4) is 5.88 Å². The summed E-state index contributed by atoms with van der Waals surface area (Å²) in [7, 11) is 1.60. The topological polar surface area (TPSA) is 68.4 Å². The molecular weight excluding hydrogens is 364 g/mol. The number of pyridine rings is 1. The normalized spacial score (nSPS) is 13.6. The number of nitrogens with two attached hydrogens (primary N) is 1. The lowest BCUT2D eigenvalue weighted by Crippen LogP contribution is -2.26. The van der Waals surface area contributed by atoms with E-state index in [2.05, 4.69) is 33.0 Å². The van der Waals surface area contributed by atoms with Crippen LogP contribution in [-0.2, 0) is 0 Å². The third kappa shape index (κ3) is 4.71. The number of aliphatic hydroxyl groups excluding tert-OH is 1. The van der Waals surface area contributed by atoms with Crippen LogP contribution in [0, 0.1) is 0 Å². The lowest BCUT2D eigenvalue weighted by atomic mass is 10.1. The van der Waals surface area contributed by atoms with Gasteiger partial charge in [0.05, 0.1) is 13.7 Å². The fourth-order valence-electron chi connectivity index (χ4n) is 2.03. The lowest BCUT2D eigenvalue weighted by Gasteiger charge is -2.20. The van der Waals surface area contributed by atoms with Gasteiger partial charge in [0.1, 0.15) is 0 Å². The summed E-state index contributed by atoms with van der Waals surface area (Å²) in [5.74, 6) is 0.573. The number of aliphatic hydroxyl groups is 1. The Morgan fingerprint density at radius 3 is 2.73 bits per heavy atom. The minimum Gasteiger partial charge on any atom is -0.481 e. The van der Waals surface area contributed by atoms with Gasteiger partial charge in [-0.15, -0.1) is 11.8 Å². The number of aromatic nitrogens is 1. The maximum absolute atomic E-state index is 9.26. The quantitative estimate of drug-likeness (QED) is 0.718. The van der Waals surface area contributed by atoms with Gasteiger partial charge in [-0.1, -0.05) is 30.3 Å². The second-order valence-electron chi connectivity index (χ2n) is 4.85. The molecule has 2 aromatic rings. The van der Waals surface area contributed by atoms with Crippen LogP contribution in [-0.4, -0.2) is 29.8 Å². The van der Waals surface area contributed by atoms with Crippen LogP contribution in [0.25, 0.3) is 0 Å². The molecule has 0 aliphatic heterocycles. The van der Waals surface area contributed by atoms with E-state index < -0.39 is 0 Å². The molecule has 2 rings (SSSR count). The molecule has 2 unspecified atom stereocenters. The first-order valence-corrected chi connectivity index (χ1v) is 8.59. The Morgan fingerprint density at radius 2 is 2.09 bits per heavy atom. The van der Waals surface area contributed by atoms with Crippen molar-refractivity contribution in [1.82, 2.24) is 4.98 Å². The molecule has 0 radical (unpaired) electrons. The monoisotopic (exact) mass is 382 g/mol. The number of rotatable bonds is 7. The summed E-state index contributed by atoms with van der Waals surface area (Å²) < 4.78 is 6.10. The van der Waals surface area contributed by atoms with Crippen LogP contribution in [0.5, 0.6) is 5.88 Å². The molecule has 22 heavy (non-hydrogen) atoms. The first kappa shape index (κ1) is 17.3. The van der Waals surface area contributed by atoms with E-state index in [-0.39, 0.29) is 17.9 Å². The molecule has 3 N–H and O–H groups in total. The molecule has 0 aliphatic carbocycles. The minimum absolute atomic E-state index is 0.0231. The molecule has 118 valence electrons. The van der Waals surface area contributed by atoms with Gasteiger partial charge in [0.2, 0.25) is 5.88 Å². The van der Waals surface area contributed by atoms with Crippen molar-refractivity contribution in [2.75, 3.05) is 13.7 Å². The summed E-state index contributed by atoms with van der Waals surface area (Å²) in [5.41, 5.74) is 7.13. The maximum Gasteiger partial charge on any atom is 0.214 e. The Labute approximate surface area is 143 Å². The Kier molecular flexibility index (Phi) is 6.70. The molecule has 0 fully saturated rings. The van der Waals surface area contributed by atoms with Crippen LogP contribution >= 0.6 is 27.7 Å². The summed E-state index contributed by atoms with van der Waals surface area (Å²) >= 11 is 5.21. The van der Waals surface area contributed by atoms with Gasteiger partial charge < -0.3 is 15.6 Å². The van der Waals surface area contributed by atoms with Crippen molar-refractivity contribution >= 4 is 27.7 Å². The number of hydrogen-bond donors (Lipinski definition) is 2. The standard InChI is InChI=1S/C16H19BrN2O2S/c1-21-16-8-15(13(17)9-19-16)22-14(7-12(18)10-20)11-5-3-2-4-6-11/h2-6,8-9,12,14,20H,7,10,18H2,1H3. The van der Waals surface area contributed by atoms with E-state index in [0.29, 0.717) is 12.3 Å². The average Bonchev–Trinajstić information content (AvgIpc) is 2.56. The second-order valence-corrected chi connectivity index (χ2v) is 6.95. The largest absolute Gasteiger partial charge is 0.481 e. The summed E-state index contributed by atoms with van der Waals surface area (Å²) in [4.78, 5) is 5.20. The fourth-order valence-corrected chi connectivity index (χ4v) is 3.80. The Hall–Kier alpha value is -1.08. The highest BCUT2D eigenvalue weighted by Crippen LogP contribution is 2.42. The van der Waals surface area contributed by atoms with E-state index in [9.17, 15) is 5.11 Å². The molecule has 0 aliphatic rings. The van der Waals surface area contributed by atoms with Crippen molar-refractivity contribution in [3.05, 3.63) is 52.6 Å². The molecule has 4 nitrogen and oxygen atoms in total. The smallest absolute Gasteiger partial charge is 0.214 e. The van der Waals surface area contributed by atoms with Gasteiger partial charge in [-0.05, 0) is 27.9 Å². The second kappa shape index (κ2) is 8.53. The Morgan fingerprint density at radius 1 is 1.36 bits per heavy atom. The maximum atomic E-state index is 9.26. The zero-order valence-electron chi connectivity index (χ0n) is 12.3. The van der Waals surface area contributed by atoms with E-state index >= 15 is 0 Å². The SMILES string of the molecule is COc1cc(SC(CC(N)CO)c2ccccc2)c(Br)cn1. The van der Waals surface area contributed by atoms with E-state index in [1.54, 1.807) is 25.1 Å². The average molecular weight is 383 g/mol. The zero-order valence-corrected chi connectivity index (χ0v) is 14.7. The van der Waals surface area contributed by atoms with Gasteiger partial charge in [-0.25, -0.2) is 4.98 Å². The van der Waals surface area contributed by atoms with Gasteiger partial charge >= 0.3 is 0 Å². The van der Waals surface area contributed by atoms with Crippen LogP contribution in [0.15, 0.2) is 52.0 Å². The van der Waals surface area contributed by atoms with Crippen molar-refractivity contribution < 1.29 is 9.84 Å². The summed E-state index contributed by atoms with van der Waals surface area (Å²) in [6.07, 6.45) is 2.41. The number of thioether (sulfide) groups is 1.